The van der Waals surface area contributed by atoms with Gasteiger partial charge in [-0.1, -0.05) is 18.2 Å². The van der Waals surface area contributed by atoms with Crippen LogP contribution in [0.25, 0.3) is 0 Å². The van der Waals surface area contributed by atoms with Gasteiger partial charge < -0.3 is 5.73 Å². The van der Waals surface area contributed by atoms with Gasteiger partial charge in [0, 0.05) is 6.04 Å². The number of aliphatic imine (C=N–C) groups is 1. The molecule has 7 heteroatoms. The zero-order valence-electron chi connectivity index (χ0n) is 11.2. The van der Waals surface area contributed by atoms with E-state index in [2.05, 4.69) is 10.3 Å². The van der Waals surface area contributed by atoms with Gasteiger partial charge in [-0.05, 0) is 25.5 Å². The Balaban J connectivity index is 2.82. The minimum Gasteiger partial charge on any atom is -0.370 e. The number of benzene rings is 1. The molecule has 1 aromatic carbocycles. The summed E-state index contributed by atoms with van der Waals surface area (Å²) >= 11 is 0. The maximum Gasteiger partial charge on any atom is 0.416 e. The number of nitrogens with two attached hydrogens (primary N) is 1. The predicted octanol–water partition coefficient (Wildman–Crippen LogP) is 2.09. The van der Waals surface area contributed by atoms with Crippen molar-refractivity contribution in [2.75, 3.05) is 0 Å². The summed E-state index contributed by atoms with van der Waals surface area (Å²) in [6, 6.07) is 4.81. The molecule has 0 heterocycles. The van der Waals surface area contributed by atoms with Gasteiger partial charge in [0.1, 0.15) is 0 Å². The number of carbonyl (C=O) groups excluding carboxylic acids is 1. The fourth-order valence-corrected chi connectivity index (χ4v) is 1.62. The highest BCUT2D eigenvalue weighted by atomic mass is 19.4. The SMILES string of the molecule is CC(C)N=C(N)NC(=O)Cc1ccccc1C(F)(F)F. The van der Waals surface area contributed by atoms with Crippen LogP contribution in [-0.2, 0) is 17.4 Å². The van der Waals surface area contributed by atoms with Crippen LogP contribution < -0.4 is 11.1 Å². The first-order chi connectivity index (χ1) is 9.20. The largest absolute Gasteiger partial charge is 0.416 e. The van der Waals surface area contributed by atoms with E-state index >= 15 is 0 Å². The van der Waals surface area contributed by atoms with Gasteiger partial charge in [-0.3, -0.25) is 15.1 Å². The topological polar surface area (TPSA) is 67.5 Å². The van der Waals surface area contributed by atoms with E-state index in [4.69, 9.17) is 5.73 Å². The van der Waals surface area contributed by atoms with Crippen LogP contribution in [0.4, 0.5) is 13.2 Å². The molecule has 110 valence electrons. The van der Waals surface area contributed by atoms with Crippen molar-refractivity contribution in [2.45, 2.75) is 32.5 Å². The summed E-state index contributed by atoms with van der Waals surface area (Å²) in [6.45, 7) is 3.52. The van der Waals surface area contributed by atoms with Gasteiger partial charge >= 0.3 is 6.18 Å². The molecule has 0 saturated carbocycles. The maximum absolute atomic E-state index is 12.8. The first-order valence-corrected chi connectivity index (χ1v) is 5.98. The Morgan fingerprint density at radius 3 is 2.50 bits per heavy atom. The number of hydrogen-bond acceptors (Lipinski definition) is 2. The third-order valence-electron chi connectivity index (χ3n) is 2.34. The lowest BCUT2D eigenvalue weighted by molar-refractivity contribution is -0.138. The molecule has 3 N–H and O–H groups in total. The Kier molecular flexibility index (Phi) is 5.12. The average Bonchev–Trinajstić information content (AvgIpc) is 2.26. The van der Waals surface area contributed by atoms with Crippen molar-refractivity contribution >= 4 is 11.9 Å². The second kappa shape index (κ2) is 6.40. The van der Waals surface area contributed by atoms with Crippen LogP contribution in [-0.4, -0.2) is 17.9 Å². The van der Waals surface area contributed by atoms with Crippen molar-refractivity contribution < 1.29 is 18.0 Å². The van der Waals surface area contributed by atoms with Crippen LogP contribution in [0.1, 0.15) is 25.0 Å². The normalized spacial score (nSPS) is 12.6. The third-order valence-corrected chi connectivity index (χ3v) is 2.34. The van der Waals surface area contributed by atoms with Crippen molar-refractivity contribution in [3.63, 3.8) is 0 Å². The van der Waals surface area contributed by atoms with Gasteiger partial charge in [0.15, 0.2) is 5.96 Å². The number of amides is 1. The number of hydrogen-bond donors (Lipinski definition) is 2. The number of guanidine groups is 1. The minimum atomic E-state index is -4.49. The second-order valence-electron chi connectivity index (χ2n) is 4.49. The Morgan fingerprint density at radius 2 is 1.95 bits per heavy atom. The first kappa shape index (κ1) is 16.0. The van der Waals surface area contributed by atoms with Crippen LogP contribution in [0.5, 0.6) is 0 Å². The molecular weight excluding hydrogens is 271 g/mol. The molecule has 0 fully saturated rings. The van der Waals surface area contributed by atoms with Crippen LogP contribution in [0.2, 0.25) is 0 Å². The molecule has 0 aromatic heterocycles. The van der Waals surface area contributed by atoms with Crippen molar-refractivity contribution in [1.29, 1.82) is 0 Å². The number of rotatable bonds is 3. The third kappa shape index (κ3) is 4.91. The number of nitrogens with zero attached hydrogens (tertiary/aromatic N) is 1. The number of alkyl halides is 3. The first-order valence-electron chi connectivity index (χ1n) is 5.98. The molecule has 0 saturated heterocycles. The zero-order chi connectivity index (χ0) is 15.3. The molecule has 0 aliphatic heterocycles. The molecular formula is C13H16F3N3O. The summed E-state index contributed by atoms with van der Waals surface area (Å²) in [6.07, 6.45) is -4.90. The lowest BCUT2D eigenvalue weighted by atomic mass is 10.0. The Bertz CT molecular complexity index is 510. The van der Waals surface area contributed by atoms with E-state index in [1.54, 1.807) is 13.8 Å². The minimum absolute atomic E-state index is 0.102. The van der Waals surface area contributed by atoms with Crippen molar-refractivity contribution in [1.82, 2.24) is 5.32 Å². The molecule has 0 radical (unpaired) electrons. The van der Waals surface area contributed by atoms with Gasteiger partial charge in [0.25, 0.3) is 0 Å². The standard InChI is InChI=1S/C13H16F3N3O/c1-8(2)18-12(17)19-11(20)7-9-5-3-4-6-10(9)13(14,15)16/h3-6,8H,7H2,1-2H3,(H3,17,18,19,20). The highest BCUT2D eigenvalue weighted by Gasteiger charge is 2.33. The fourth-order valence-electron chi connectivity index (χ4n) is 1.62. The van der Waals surface area contributed by atoms with E-state index in [-0.39, 0.29) is 17.6 Å². The predicted molar refractivity (Wildman–Crippen MR) is 70.0 cm³/mol. The lowest BCUT2D eigenvalue weighted by Crippen LogP contribution is -2.38. The molecule has 0 spiro atoms. The molecule has 0 atom stereocenters. The number of carbonyl (C=O) groups is 1. The summed E-state index contributed by atoms with van der Waals surface area (Å²) in [5, 5.41) is 2.26. The Morgan fingerprint density at radius 1 is 1.35 bits per heavy atom. The zero-order valence-corrected chi connectivity index (χ0v) is 11.2. The number of halogens is 3. The fraction of sp³-hybridized carbons (Fsp3) is 0.385. The lowest BCUT2D eigenvalue weighted by Gasteiger charge is -2.12. The number of nitrogens with one attached hydrogen (secondary N) is 1. The van der Waals surface area contributed by atoms with E-state index in [0.29, 0.717) is 0 Å². The summed E-state index contributed by atoms with van der Waals surface area (Å²) in [7, 11) is 0. The van der Waals surface area contributed by atoms with E-state index in [9.17, 15) is 18.0 Å². The van der Waals surface area contributed by atoms with Gasteiger partial charge in [0.2, 0.25) is 5.91 Å². The van der Waals surface area contributed by atoms with Crippen LogP contribution in [0.15, 0.2) is 29.3 Å². The summed E-state index contributed by atoms with van der Waals surface area (Å²) in [5.41, 5.74) is 4.52. The van der Waals surface area contributed by atoms with Crippen molar-refractivity contribution in [2.24, 2.45) is 10.7 Å². The van der Waals surface area contributed by atoms with Crippen LogP contribution in [0.3, 0.4) is 0 Å². The smallest absolute Gasteiger partial charge is 0.370 e. The molecule has 0 bridgehead atoms. The summed E-state index contributed by atoms with van der Waals surface area (Å²) in [5.74, 6) is -0.738. The van der Waals surface area contributed by atoms with Gasteiger partial charge in [-0.25, -0.2) is 0 Å². The quantitative estimate of drug-likeness (QED) is 0.660. The molecule has 0 aliphatic rings. The van der Waals surface area contributed by atoms with Crippen molar-refractivity contribution in [3.05, 3.63) is 35.4 Å². The Hall–Kier alpha value is -2.05. The summed E-state index contributed by atoms with van der Waals surface area (Å²) in [4.78, 5) is 15.5. The monoisotopic (exact) mass is 287 g/mol. The van der Waals surface area contributed by atoms with Gasteiger partial charge in [-0.2, -0.15) is 13.2 Å². The molecule has 0 unspecified atom stereocenters. The van der Waals surface area contributed by atoms with E-state index < -0.39 is 24.1 Å². The molecule has 1 aromatic rings. The molecule has 1 amide bonds. The van der Waals surface area contributed by atoms with E-state index in [1.165, 1.54) is 18.2 Å². The molecule has 4 nitrogen and oxygen atoms in total. The van der Waals surface area contributed by atoms with E-state index in [0.717, 1.165) is 6.07 Å². The second-order valence-corrected chi connectivity index (χ2v) is 4.49. The van der Waals surface area contributed by atoms with Gasteiger partial charge in [-0.15, -0.1) is 0 Å². The van der Waals surface area contributed by atoms with Gasteiger partial charge in [0.05, 0.1) is 12.0 Å². The molecule has 1 rings (SSSR count). The average molecular weight is 287 g/mol. The maximum atomic E-state index is 12.8. The van der Waals surface area contributed by atoms with Crippen LogP contribution in [0, 0.1) is 0 Å². The molecule has 20 heavy (non-hydrogen) atoms. The van der Waals surface area contributed by atoms with E-state index in [1.807, 2.05) is 0 Å². The molecule has 0 aliphatic carbocycles. The van der Waals surface area contributed by atoms with Crippen LogP contribution >= 0.6 is 0 Å². The Labute approximate surface area is 114 Å². The highest BCUT2D eigenvalue weighted by molar-refractivity contribution is 5.97. The summed E-state index contributed by atoms with van der Waals surface area (Å²) < 4.78 is 38.3. The van der Waals surface area contributed by atoms with Crippen molar-refractivity contribution in [3.8, 4) is 0 Å². The highest BCUT2D eigenvalue weighted by Crippen LogP contribution is 2.31.